The van der Waals surface area contributed by atoms with Gasteiger partial charge in [0.25, 0.3) is 11.8 Å². The first kappa shape index (κ1) is 12.6. The summed E-state index contributed by atoms with van der Waals surface area (Å²) >= 11 is 0. The first-order valence-electron chi connectivity index (χ1n) is 6.76. The Labute approximate surface area is 117 Å². The van der Waals surface area contributed by atoms with Gasteiger partial charge in [0.1, 0.15) is 0 Å². The van der Waals surface area contributed by atoms with E-state index in [9.17, 15) is 9.59 Å². The molecule has 20 heavy (non-hydrogen) atoms. The third-order valence-electron chi connectivity index (χ3n) is 3.57. The van der Waals surface area contributed by atoms with Crippen LogP contribution in [0.2, 0.25) is 0 Å². The molecular weight excluding hydrogens is 250 g/mol. The maximum absolute atomic E-state index is 12.2. The number of rotatable bonds is 4. The number of amides is 2. The Kier molecular flexibility index (Phi) is 3.33. The fourth-order valence-corrected chi connectivity index (χ4v) is 2.53. The van der Waals surface area contributed by atoms with Crippen LogP contribution in [0.3, 0.4) is 0 Å². The third kappa shape index (κ3) is 2.23. The van der Waals surface area contributed by atoms with E-state index >= 15 is 0 Å². The summed E-state index contributed by atoms with van der Waals surface area (Å²) in [4.78, 5) is 25.7. The Bertz CT molecular complexity index is 614. The topological polar surface area (TPSA) is 37.4 Å². The standard InChI is InChI=1S/C17H15NO2/c19-16-14-10-4-5-11-15(14)17(20)18(16)12-6-9-13-7-2-1-3-8-13/h1-5,7-8,10-11H,6,9,12H2. The van der Waals surface area contributed by atoms with Crippen LogP contribution >= 0.6 is 0 Å². The monoisotopic (exact) mass is 265 g/mol. The van der Waals surface area contributed by atoms with Crippen molar-refractivity contribution in [2.75, 3.05) is 6.54 Å². The minimum Gasteiger partial charge on any atom is -0.274 e. The van der Waals surface area contributed by atoms with E-state index in [4.69, 9.17) is 0 Å². The Morgan fingerprint density at radius 3 is 1.90 bits per heavy atom. The van der Waals surface area contributed by atoms with E-state index in [2.05, 4.69) is 12.1 Å². The molecule has 3 heteroatoms. The highest BCUT2D eigenvalue weighted by Crippen LogP contribution is 2.22. The van der Waals surface area contributed by atoms with Gasteiger partial charge in [-0.25, -0.2) is 0 Å². The molecule has 0 spiro atoms. The van der Waals surface area contributed by atoms with Crippen molar-refractivity contribution in [1.82, 2.24) is 4.90 Å². The van der Waals surface area contributed by atoms with E-state index in [1.165, 1.54) is 10.5 Å². The van der Waals surface area contributed by atoms with Crippen LogP contribution in [0, 0.1) is 0 Å². The second-order valence-corrected chi connectivity index (χ2v) is 4.90. The molecule has 1 heterocycles. The van der Waals surface area contributed by atoms with E-state index < -0.39 is 0 Å². The lowest BCUT2D eigenvalue weighted by Gasteiger charge is -2.13. The summed E-state index contributed by atoms with van der Waals surface area (Å²) < 4.78 is 0. The number of imide groups is 1. The van der Waals surface area contributed by atoms with Crippen LogP contribution in [0.4, 0.5) is 0 Å². The lowest BCUT2D eigenvalue weighted by atomic mass is 10.1. The molecule has 0 aliphatic carbocycles. The molecule has 0 radical (unpaired) electrons. The van der Waals surface area contributed by atoms with Crippen LogP contribution in [0.1, 0.15) is 32.7 Å². The van der Waals surface area contributed by atoms with Gasteiger partial charge in [0.05, 0.1) is 11.1 Å². The van der Waals surface area contributed by atoms with Crippen molar-refractivity contribution in [3.8, 4) is 0 Å². The van der Waals surface area contributed by atoms with Crippen molar-refractivity contribution < 1.29 is 9.59 Å². The molecule has 3 rings (SSSR count). The molecule has 100 valence electrons. The SMILES string of the molecule is O=C1c2ccccc2C(=O)N1CCCc1ccccc1. The first-order chi connectivity index (χ1) is 9.77. The molecule has 2 aromatic rings. The fourth-order valence-electron chi connectivity index (χ4n) is 2.53. The quantitative estimate of drug-likeness (QED) is 0.797. The summed E-state index contributed by atoms with van der Waals surface area (Å²) in [7, 11) is 0. The van der Waals surface area contributed by atoms with Crippen LogP contribution in [-0.4, -0.2) is 23.3 Å². The van der Waals surface area contributed by atoms with Crippen molar-refractivity contribution in [3.05, 3.63) is 71.3 Å². The number of hydrogen-bond donors (Lipinski definition) is 0. The predicted molar refractivity (Wildman–Crippen MR) is 76.6 cm³/mol. The van der Waals surface area contributed by atoms with Crippen LogP contribution in [0.5, 0.6) is 0 Å². The van der Waals surface area contributed by atoms with Crippen molar-refractivity contribution in [2.24, 2.45) is 0 Å². The molecule has 2 amide bonds. The highest BCUT2D eigenvalue weighted by molar-refractivity contribution is 6.21. The average Bonchev–Trinajstić information content (AvgIpc) is 2.74. The molecule has 0 bridgehead atoms. The van der Waals surface area contributed by atoms with Gasteiger partial charge in [-0.1, -0.05) is 42.5 Å². The molecule has 0 fully saturated rings. The van der Waals surface area contributed by atoms with Gasteiger partial charge in [0.15, 0.2) is 0 Å². The number of carbonyl (C=O) groups excluding carboxylic acids is 2. The zero-order chi connectivity index (χ0) is 13.9. The lowest BCUT2D eigenvalue weighted by Crippen LogP contribution is -2.30. The third-order valence-corrected chi connectivity index (χ3v) is 3.57. The van der Waals surface area contributed by atoms with Gasteiger partial charge in [-0.15, -0.1) is 0 Å². The minimum atomic E-state index is -0.168. The molecule has 0 N–H and O–H groups in total. The molecule has 3 nitrogen and oxygen atoms in total. The van der Waals surface area contributed by atoms with Crippen molar-refractivity contribution in [2.45, 2.75) is 12.8 Å². The molecule has 0 saturated carbocycles. The molecule has 0 aromatic heterocycles. The van der Waals surface area contributed by atoms with Crippen LogP contribution in [0.15, 0.2) is 54.6 Å². The first-order valence-corrected chi connectivity index (χ1v) is 6.76. The number of carbonyl (C=O) groups is 2. The Morgan fingerprint density at radius 1 is 0.750 bits per heavy atom. The summed E-state index contributed by atoms with van der Waals surface area (Å²) in [5, 5.41) is 0. The summed E-state index contributed by atoms with van der Waals surface area (Å²) in [5.41, 5.74) is 2.28. The number of benzene rings is 2. The normalized spacial score (nSPS) is 13.7. The second-order valence-electron chi connectivity index (χ2n) is 4.90. The summed E-state index contributed by atoms with van der Waals surface area (Å²) in [6.07, 6.45) is 1.66. The molecule has 0 atom stereocenters. The van der Waals surface area contributed by atoms with Crippen LogP contribution in [0.25, 0.3) is 0 Å². The molecule has 2 aromatic carbocycles. The highest BCUT2D eigenvalue weighted by Gasteiger charge is 2.34. The van der Waals surface area contributed by atoms with E-state index in [1.807, 2.05) is 18.2 Å². The van der Waals surface area contributed by atoms with Gasteiger partial charge in [-0.05, 0) is 30.5 Å². The van der Waals surface area contributed by atoms with E-state index in [0.29, 0.717) is 17.7 Å². The van der Waals surface area contributed by atoms with Crippen LogP contribution < -0.4 is 0 Å². The van der Waals surface area contributed by atoms with Gasteiger partial charge in [0.2, 0.25) is 0 Å². The van der Waals surface area contributed by atoms with E-state index in [-0.39, 0.29) is 11.8 Å². The van der Waals surface area contributed by atoms with Crippen LogP contribution in [-0.2, 0) is 6.42 Å². The largest absolute Gasteiger partial charge is 0.274 e. The van der Waals surface area contributed by atoms with E-state index in [0.717, 1.165) is 12.8 Å². The predicted octanol–water partition coefficient (Wildman–Crippen LogP) is 2.92. The highest BCUT2D eigenvalue weighted by atomic mass is 16.2. The zero-order valence-electron chi connectivity index (χ0n) is 11.1. The number of nitrogens with zero attached hydrogens (tertiary/aromatic N) is 1. The van der Waals surface area contributed by atoms with Gasteiger partial charge in [-0.3, -0.25) is 14.5 Å². The number of aryl methyl sites for hydroxylation is 1. The average molecular weight is 265 g/mol. The summed E-state index contributed by atoms with van der Waals surface area (Å²) in [6, 6.07) is 17.1. The van der Waals surface area contributed by atoms with E-state index in [1.54, 1.807) is 24.3 Å². The van der Waals surface area contributed by atoms with Crippen molar-refractivity contribution in [1.29, 1.82) is 0 Å². The number of hydrogen-bond acceptors (Lipinski definition) is 2. The van der Waals surface area contributed by atoms with Crippen molar-refractivity contribution >= 4 is 11.8 Å². The Morgan fingerprint density at radius 2 is 1.30 bits per heavy atom. The maximum Gasteiger partial charge on any atom is 0.261 e. The van der Waals surface area contributed by atoms with Crippen molar-refractivity contribution in [3.63, 3.8) is 0 Å². The summed E-state index contributed by atoms with van der Waals surface area (Å²) in [5.74, 6) is -0.336. The Balaban J connectivity index is 1.65. The second kappa shape index (κ2) is 5.29. The minimum absolute atomic E-state index is 0.168. The Hall–Kier alpha value is -2.42. The maximum atomic E-state index is 12.2. The molecular formula is C17H15NO2. The smallest absolute Gasteiger partial charge is 0.261 e. The lowest BCUT2D eigenvalue weighted by molar-refractivity contribution is 0.0652. The fraction of sp³-hybridized carbons (Fsp3) is 0.176. The number of fused-ring (bicyclic) bond motifs is 1. The summed E-state index contributed by atoms with van der Waals surface area (Å²) in [6.45, 7) is 0.473. The van der Waals surface area contributed by atoms with Gasteiger partial charge < -0.3 is 0 Å². The molecule has 1 aliphatic heterocycles. The van der Waals surface area contributed by atoms with Gasteiger partial charge >= 0.3 is 0 Å². The zero-order valence-corrected chi connectivity index (χ0v) is 11.1. The molecule has 1 aliphatic rings. The van der Waals surface area contributed by atoms with Gasteiger partial charge in [0, 0.05) is 6.54 Å². The molecule has 0 saturated heterocycles. The molecule has 0 unspecified atom stereocenters. The van der Waals surface area contributed by atoms with Gasteiger partial charge in [-0.2, -0.15) is 0 Å².